The van der Waals surface area contributed by atoms with E-state index in [9.17, 15) is 4.79 Å². The first-order chi connectivity index (χ1) is 12.3. The van der Waals surface area contributed by atoms with Gasteiger partial charge in [0.15, 0.2) is 6.10 Å². The van der Waals surface area contributed by atoms with Crippen LogP contribution in [0.2, 0.25) is 5.02 Å². The van der Waals surface area contributed by atoms with Gasteiger partial charge in [0.25, 0.3) is 5.91 Å². The van der Waals surface area contributed by atoms with Gasteiger partial charge >= 0.3 is 0 Å². The van der Waals surface area contributed by atoms with Gasteiger partial charge in [-0.05, 0) is 75.6 Å². The molecule has 0 unspecified atom stereocenters. The predicted octanol–water partition coefficient (Wildman–Crippen LogP) is 4.83. The smallest absolute Gasteiger partial charge is 0.261 e. The molecule has 0 aliphatic carbocycles. The average molecular weight is 376 g/mol. The normalized spacial score (nSPS) is 12.0. The zero-order valence-corrected chi connectivity index (χ0v) is 16.7. The number of benzene rings is 2. The van der Waals surface area contributed by atoms with Gasteiger partial charge in [-0.2, -0.15) is 0 Å². The number of hydrogen-bond acceptors (Lipinski definition) is 3. The Labute approximate surface area is 160 Å². The molecule has 4 nitrogen and oxygen atoms in total. The van der Waals surface area contributed by atoms with Crippen molar-refractivity contribution < 1.29 is 14.3 Å². The molecule has 0 aromatic heterocycles. The number of halogens is 1. The van der Waals surface area contributed by atoms with Crippen molar-refractivity contribution in [1.29, 1.82) is 0 Å². The number of ether oxygens (including phenoxy) is 2. The highest BCUT2D eigenvalue weighted by atomic mass is 35.5. The highest BCUT2D eigenvalue weighted by Crippen LogP contribution is 2.26. The number of rotatable bonds is 7. The summed E-state index contributed by atoms with van der Waals surface area (Å²) in [5.41, 5.74) is 2.86. The van der Waals surface area contributed by atoms with E-state index < -0.39 is 6.10 Å². The molecule has 0 spiro atoms. The van der Waals surface area contributed by atoms with Crippen molar-refractivity contribution >= 4 is 17.5 Å². The molecule has 0 fully saturated rings. The number of hydrogen-bond donors (Lipinski definition) is 1. The summed E-state index contributed by atoms with van der Waals surface area (Å²) in [6.07, 6.45) is -0.461. The third-order valence-corrected chi connectivity index (χ3v) is 4.45. The van der Waals surface area contributed by atoms with E-state index in [2.05, 4.69) is 5.32 Å². The molecule has 26 heavy (non-hydrogen) atoms. The molecule has 0 radical (unpaired) electrons. The van der Waals surface area contributed by atoms with E-state index in [0.717, 1.165) is 27.5 Å². The van der Waals surface area contributed by atoms with Gasteiger partial charge < -0.3 is 14.8 Å². The number of nitrogens with one attached hydrogen (secondary N) is 1. The lowest BCUT2D eigenvalue weighted by Crippen LogP contribution is -2.35. The highest BCUT2D eigenvalue weighted by Gasteiger charge is 2.15. The maximum Gasteiger partial charge on any atom is 0.261 e. The lowest BCUT2D eigenvalue weighted by atomic mass is 10.1. The van der Waals surface area contributed by atoms with Crippen LogP contribution in [0.3, 0.4) is 0 Å². The molecule has 0 aliphatic heterocycles. The fourth-order valence-corrected chi connectivity index (χ4v) is 2.63. The van der Waals surface area contributed by atoms with Crippen LogP contribution in [0.25, 0.3) is 0 Å². The molecule has 5 heteroatoms. The predicted molar refractivity (Wildman–Crippen MR) is 105 cm³/mol. The third-order valence-electron chi connectivity index (χ3n) is 3.85. The third kappa shape index (κ3) is 5.67. The molecule has 1 N–H and O–H groups in total. The minimum Gasteiger partial charge on any atom is -0.491 e. The molecule has 140 valence electrons. The maximum absolute atomic E-state index is 12.3. The van der Waals surface area contributed by atoms with Crippen molar-refractivity contribution in [1.82, 2.24) is 5.32 Å². The summed E-state index contributed by atoms with van der Waals surface area (Å²) in [6.45, 7) is 9.97. The molecule has 1 atom stereocenters. The number of carbonyl (C=O) groups is 1. The number of aryl methyl sites for hydroxylation is 2. The zero-order valence-electron chi connectivity index (χ0n) is 15.9. The van der Waals surface area contributed by atoms with Crippen molar-refractivity contribution in [3.8, 4) is 11.5 Å². The van der Waals surface area contributed by atoms with E-state index in [0.29, 0.717) is 12.3 Å². The summed E-state index contributed by atoms with van der Waals surface area (Å²) in [5, 5.41) is 3.61. The summed E-state index contributed by atoms with van der Waals surface area (Å²) in [4.78, 5) is 12.3. The number of amides is 1. The van der Waals surface area contributed by atoms with Crippen molar-refractivity contribution in [3.63, 3.8) is 0 Å². The molecule has 0 heterocycles. The minimum atomic E-state index is -0.599. The Hall–Kier alpha value is -2.20. The second kappa shape index (κ2) is 8.95. The van der Waals surface area contributed by atoms with E-state index in [1.807, 2.05) is 64.1 Å². The van der Waals surface area contributed by atoms with Crippen LogP contribution >= 0.6 is 11.6 Å². The maximum atomic E-state index is 12.3. The van der Waals surface area contributed by atoms with E-state index >= 15 is 0 Å². The van der Waals surface area contributed by atoms with Crippen LogP contribution in [0, 0.1) is 13.8 Å². The molecule has 0 saturated carbocycles. The lowest BCUT2D eigenvalue weighted by molar-refractivity contribution is -0.127. The van der Waals surface area contributed by atoms with E-state index in [-0.39, 0.29) is 12.0 Å². The Morgan fingerprint density at radius 2 is 1.58 bits per heavy atom. The van der Waals surface area contributed by atoms with Gasteiger partial charge in [0.05, 0.1) is 6.10 Å². The standard InChI is InChI=1S/C21H26ClNO3/c1-13(2)25-18-8-6-17(7-9-18)12-23-21(24)16(5)26-19-10-14(3)20(22)15(4)11-19/h6-11,13,16H,12H2,1-5H3,(H,23,24)/t16-/m0/s1. The summed E-state index contributed by atoms with van der Waals surface area (Å²) in [6, 6.07) is 11.4. The molecule has 0 aliphatic rings. The molecular weight excluding hydrogens is 350 g/mol. The topological polar surface area (TPSA) is 47.6 Å². The summed E-state index contributed by atoms with van der Waals surface area (Å²) in [5.74, 6) is 1.29. The summed E-state index contributed by atoms with van der Waals surface area (Å²) < 4.78 is 11.4. The van der Waals surface area contributed by atoms with Crippen LogP contribution in [-0.4, -0.2) is 18.1 Å². The van der Waals surface area contributed by atoms with Crippen LogP contribution < -0.4 is 14.8 Å². The van der Waals surface area contributed by atoms with Crippen molar-refractivity contribution in [2.45, 2.75) is 53.4 Å². The van der Waals surface area contributed by atoms with E-state index in [1.54, 1.807) is 6.92 Å². The Morgan fingerprint density at radius 1 is 1.00 bits per heavy atom. The van der Waals surface area contributed by atoms with Gasteiger partial charge in [-0.1, -0.05) is 23.7 Å². The largest absolute Gasteiger partial charge is 0.491 e. The second-order valence-electron chi connectivity index (χ2n) is 6.66. The van der Waals surface area contributed by atoms with Crippen LogP contribution in [0.4, 0.5) is 0 Å². The highest BCUT2D eigenvalue weighted by molar-refractivity contribution is 6.32. The van der Waals surface area contributed by atoms with Crippen LogP contribution in [0.5, 0.6) is 11.5 Å². The van der Waals surface area contributed by atoms with Gasteiger partial charge in [0.2, 0.25) is 0 Å². The first-order valence-corrected chi connectivity index (χ1v) is 9.10. The fraction of sp³-hybridized carbons (Fsp3) is 0.381. The van der Waals surface area contributed by atoms with Crippen LogP contribution in [-0.2, 0) is 11.3 Å². The molecule has 1 amide bonds. The molecule has 2 aromatic carbocycles. The zero-order chi connectivity index (χ0) is 19.3. The molecule has 2 aromatic rings. The van der Waals surface area contributed by atoms with Gasteiger partial charge in [-0.3, -0.25) is 4.79 Å². The van der Waals surface area contributed by atoms with Gasteiger partial charge in [0, 0.05) is 11.6 Å². The summed E-state index contributed by atoms with van der Waals surface area (Å²) >= 11 is 6.16. The average Bonchev–Trinajstić information content (AvgIpc) is 2.58. The Bertz CT molecular complexity index is 733. The van der Waals surface area contributed by atoms with Gasteiger partial charge in [0.1, 0.15) is 11.5 Å². The monoisotopic (exact) mass is 375 g/mol. The first-order valence-electron chi connectivity index (χ1n) is 8.73. The first kappa shape index (κ1) is 20.1. The van der Waals surface area contributed by atoms with Crippen molar-refractivity contribution in [2.75, 3.05) is 0 Å². The van der Waals surface area contributed by atoms with Crippen molar-refractivity contribution in [3.05, 3.63) is 58.1 Å². The molecule has 0 saturated heterocycles. The molecular formula is C21H26ClNO3. The van der Waals surface area contributed by atoms with E-state index in [1.165, 1.54) is 0 Å². The van der Waals surface area contributed by atoms with Gasteiger partial charge in [-0.25, -0.2) is 0 Å². The Morgan fingerprint density at radius 3 is 2.12 bits per heavy atom. The second-order valence-corrected chi connectivity index (χ2v) is 7.04. The Balaban J connectivity index is 1.89. The quantitative estimate of drug-likeness (QED) is 0.754. The van der Waals surface area contributed by atoms with Gasteiger partial charge in [-0.15, -0.1) is 0 Å². The SMILES string of the molecule is Cc1cc(O[C@@H](C)C(=O)NCc2ccc(OC(C)C)cc2)cc(C)c1Cl. The van der Waals surface area contributed by atoms with Crippen LogP contribution in [0.15, 0.2) is 36.4 Å². The van der Waals surface area contributed by atoms with Crippen LogP contribution in [0.1, 0.15) is 37.5 Å². The Kier molecular flexibility index (Phi) is 6.92. The summed E-state index contributed by atoms with van der Waals surface area (Å²) in [7, 11) is 0. The molecule has 2 rings (SSSR count). The molecule has 0 bridgehead atoms. The number of carbonyl (C=O) groups excluding carboxylic acids is 1. The lowest BCUT2D eigenvalue weighted by Gasteiger charge is -2.16. The van der Waals surface area contributed by atoms with E-state index in [4.69, 9.17) is 21.1 Å². The van der Waals surface area contributed by atoms with Crippen molar-refractivity contribution in [2.24, 2.45) is 0 Å². The minimum absolute atomic E-state index is 0.138. The fourth-order valence-electron chi connectivity index (χ4n) is 2.52.